The summed E-state index contributed by atoms with van der Waals surface area (Å²) in [5.74, 6) is 1.66. The minimum absolute atomic E-state index is 0.0279. The van der Waals surface area contributed by atoms with Gasteiger partial charge in [-0.15, -0.1) is 0 Å². The maximum Gasteiger partial charge on any atom is 0.133 e. The molecule has 2 atom stereocenters. The second-order valence-corrected chi connectivity index (χ2v) is 4.76. The van der Waals surface area contributed by atoms with Gasteiger partial charge in [-0.3, -0.25) is 0 Å². The van der Waals surface area contributed by atoms with Crippen LogP contribution < -0.4 is 10.6 Å². The number of hydrogen-bond acceptors (Lipinski definition) is 4. The average Bonchev–Trinajstić information content (AvgIpc) is 2.78. The van der Waals surface area contributed by atoms with E-state index in [-0.39, 0.29) is 6.04 Å². The molecule has 2 heterocycles. The van der Waals surface area contributed by atoms with Gasteiger partial charge >= 0.3 is 0 Å². The predicted octanol–water partition coefficient (Wildman–Crippen LogP) is 1.57. The van der Waals surface area contributed by atoms with Crippen molar-refractivity contribution in [1.82, 2.24) is 4.98 Å². The summed E-state index contributed by atoms with van der Waals surface area (Å²) >= 11 is 0. The van der Waals surface area contributed by atoms with E-state index in [9.17, 15) is 0 Å². The third-order valence-electron chi connectivity index (χ3n) is 3.30. The van der Waals surface area contributed by atoms with Gasteiger partial charge in [0.2, 0.25) is 0 Å². The number of anilines is 1. The molecule has 0 amide bonds. The fourth-order valence-electron chi connectivity index (χ4n) is 2.43. The van der Waals surface area contributed by atoms with Gasteiger partial charge in [0.25, 0.3) is 0 Å². The van der Waals surface area contributed by atoms with Crippen LogP contribution in [0.25, 0.3) is 0 Å². The number of nitrogens with two attached hydrogens (primary N) is 1. The van der Waals surface area contributed by atoms with Crippen molar-refractivity contribution in [3.63, 3.8) is 0 Å². The van der Waals surface area contributed by atoms with Gasteiger partial charge in [-0.25, -0.2) is 4.98 Å². The highest BCUT2D eigenvalue weighted by Crippen LogP contribution is 2.27. The molecule has 0 aliphatic carbocycles. The van der Waals surface area contributed by atoms with E-state index in [1.165, 1.54) is 6.42 Å². The zero-order valence-electron chi connectivity index (χ0n) is 10.6. The summed E-state index contributed by atoms with van der Waals surface area (Å²) in [4.78, 5) is 6.80. The molecule has 4 nitrogen and oxygen atoms in total. The highest BCUT2D eigenvalue weighted by molar-refractivity contribution is 5.49. The highest BCUT2D eigenvalue weighted by atomic mass is 16.5. The zero-order chi connectivity index (χ0) is 12.3. The van der Waals surface area contributed by atoms with Gasteiger partial charge in [-0.1, -0.05) is 6.07 Å². The van der Waals surface area contributed by atoms with Crippen LogP contribution in [0, 0.1) is 5.92 Å². The first kappa shape index (κ1) is 12.3. The van der Waals surface area contributed by atoms with Crippen LogP contribution >= 0.6 is 0 Å². The molecule has 94 valence electrons. The molecule has 2 N–H and O–H groups in total. The maximum atomic E-state index is 5.98. The first-order valence-corrected chi connectivity index (χ1v) is 6.16. The van der Waals surface area contributed by atoms with Crippen LogP contribution in [0.3, 0.4) is 0 Å². The summed E-state index contributed by atoms with van der Waals surface area (Å²) in [6, 6.07) is 4.04. The Balaban J connectivity index is 2.13. The standard InChI is InChI=1S/C13H21N3O/c1-10(14)12-4-3-6-15-13(12)16-7-5-11(8-16)9-17-2/h3-4,6,10-11H,5,7-9,14H2,1-2H3/t10-,11?/m1/s1. The van der Waals surface area contributed by atoms with Crippen LogP contribution in [-0.2, 0) is 4.74 Å². The van der Waals surface area contributed by atoms with Crippen molar-refractivity contribution in [3.05, 3.63) is 23.9 Å². The van der Waals surface area contributed by atoms with Gasteiger partial charge in [0.15, 0.2) is 0 Å². The molecule has 4 heteroatoms. The van der Waals surface area contributed by atoms with Gasteiger partial charge in [-0.05, 0) is 19.4 Å². The number of aromatic nitrogens is 1. The smallest absolute Gasteiger partial charge is 0.133 e. The van der Waals surface area contributed by atoms with Crippen molar-refractivity contribution in [2.75, 3.05) is 31.7 Å². The molecule has 1 fully saturated rings. The first-order chi connectivity index (χ1) is 8.22. The van der Waals surface area contributed by atoms with E-state index in [1.54, 1.807) is 7.11 Å². The van der Waals surface area contributed by atoms with Gasteiger partial charge in [-0.2, -0.15) is 0 Å². The van der Waals surface area contributed by atoms with Crippen molar-refractivity contribution >= 4 is 5.82 Å². The number of pyridine rings is 1. The lowest BCUT2D eigenvalue weighted by Gasteiger charge is -2.22. The lowest BCUT2D eigenvalue weighted by atomic mass is 10.1. The molecule has 17 heavy (non-hydrogen) atoms. The zero-order valence-corrected chi connectivity index (χ0v) is 10.6. The summed E-state index contributed by atoms with van der Waals surface area (Å²) in [6.45, 7) is 4.90. The molecule has 0 aromatic carbocycles. The molecule has 1 aromatic heterocycles. The fraction of sp³-hybridized carbons (Fsp3) is 0.615. The molecule has 1 saturated heterocycles. The van der Waals surface area contributed by atoms with Crippen LogP contribution in [0.4, 0.5) is 5.82 Å². The first-order valence-electron chi connectivity index (χ1n) is 6.16. The molecule has 0 saturated carbocycles. The SMILES string of the molecule is COCC1CCN(c2ncccc2[C@@H](C)N)C1. The Labute approximate surface area is 103 Å². The maximum absolute atomic E-state index is 5.98. The summed E-state index contributed by atoms with van der Waals surface area (Å²) in [7, 11) is 1.76. The van der Waals surface area contributed by atoms with Crippen molar-refractivity contribution in [2.24, 2.45) is 11.7 Å². The van der Waals surface area contributed by atoms with Crippen molar-refractivity contribution in [3.8, 4) is 0 Å². The Kier molecular flexibility index (Phi) is 3.97. The van der Waals surface area contributed by atoms with E-state index in [1.807, 2.05) is 19.2 Å². The van der Waals surface area contributed by atoms with Gasteiger partial charge in [0.05, 0.1) is 6.61 Å². The van der Waals surface area contributed by atoms with Crippen LogP contribution in [0.15, 0.2) is 18.3 Å². The molecular formula is C13H21N3O. The van der Waals surface area contributed by atoms with E-state index in [2.05, 4.69) is 16.0 Å². The van der Waals surface area contributed by atoms with E-state index in [0.717, 1.165) is 31.1 Å². The Morgan fingerprint density at radius 3 is 3.18 bits per heavy atom. The van der Waals surface area contributed by atoms with E-state index in [4.69, 9.17) is 10.5 Å². The van der Waals surface area contributed by atoms with E-state index < -0.39 is 0 Å². The second-order valence-electron chi connectivity index (χ2n) is 4.76. The topological polar surface area (TPSA) is 51.4 Å². The number of ether oxygens (including phenoxy) is 1. The molecule has 0 radical (unpaired) electrons. The summed E-state index contributed by atoms with van der Waals surface area (Å²) in [5.41, 5.74) is 7.11. The number of rotatable bonds is 4. The summed E-state index contributed by atoms with van der Waals surface area (Å²) < 4.78 is 5.22. The number of hydrogen-bond donors (Lipinski definition) is 1. The lowest BCUT2D eigenvalue weighted by Crippen LogP contribution is -2.24. The average molecular weight is 235 g/mol. The molecule has 0 spiro atoms. The van der Waals surface area contributed by atoms with Gasteiger partial charge < -0.3 is 15.4 Å². The highest BCUT2D eigenvalue weighted by Gasteiger charge is 2.25. The Bertz CT molecular complexity index is 367. The Morgan fingerprint density at radius 2 is 2.47 bits per heavy atom. The van der Waals surface area contributed by atoms with Crippen LogP contribution in [-0.4, -0.2) is 31.8 Å². The van der Waals surface area contributed by atoms with E-state index >= 15 is 0 Å². The summed E-state index contributed by atoms with van der Waals surface area (Å²) in [6.07, 6.45) is 3.01. The third-order valence-corrected chi connectivity index (χ3v) is 3.30. The number of nitrogens with zero attached hydrogens (tertiary/aromatic N) is 2. The monoisotopic (exact) mass is 235 g/mol. The Morgan fingerprint density at radius 1 is 1.65 bits per heavy atom. The minimum atomic E-state index is 0.0279. The Hall–Kier alpha value is -1.13. The van der Waals surface area contributed by atoms with Crippen LogP contribution in [0.1, 0.15) is 24.9 Å². The molecule has 0 bridgehead atoms. The fourth-order valence-corrected chi connectivity index (χ4v) is 2.43. The molecule has 1 aromatic rings. The number of methoxy groups -OCH3 is 1. The van der Waals surface area contributed by atoms with E-state index in [0.29, 0.717) is 5.92 Å². The van der Waals surface area contributed by atoms with Crippen molar-refractivity contribution < 1.29 is 4.74 Å². The van der Waals surface area contributed by atoms with Gasteiger partial charge in [0, 0.05) is 43.9 Å². The van der Waals surface area contributed by atoms with Crippen molar-refractivity contribution in [2.45, 2.75) is 19.4 Å². The van der Waals surface area contributed by atoms with Crippen LogP contribution in [0.5, 0.6) is 0 Å². The van der Waals surface area contributed by atoms with Crippen LogP contribution in [0.2, 0.25) is 0 Å². The molecule has 1 aliphatic rings. The third kappa shape index (κ3) is 2.76. The lowest BCUT2D eigenvalue weighted by molar-refractivity contribution is 0.161. The summed E-state index contributed by atoms with van der Waals surface area (Å²) in [5, 5.41) is 0. The molecule has 1 unspecified atom stereocenters. The quantitative estimate of drug-likeness (QED) is 0.860. The molecule has 2 rings (SSSR count). The normalized spacial score (nSPS) is 21.8. The van der Waals surface area contributed by atoms with Gasteiger partial charge in [0.1, 0.15) is 5.82 Å². The molecular weight excluding hydrogens is 214 g/mol. The van der Waals surface area contributed by atoms with Crippen molar-refractivity contribution in [1.29, 1.82) is 0 Å². The molecule has 1 aliphatic heterocycles. The largest absolute Gasteiger partial charge is 0.384 e. The predicted molar refractivity (Wildman–Crippen MR) is 69.0 cm³/mol. The minimum Gasteiger partial charge on any atom is -0.384 e. The second kappa shape index (κ2) is 5.47.